The van der Waals surface area contributed by atoms with E-state index >= 15 is 0 Å². The van der Waals surface area contributed by atoms with Gasteiger partial charge in [-0.25, -0.2) is 0 Å². The molecular weight excluding hydrogens is 453 g/mol. The van der Waals surface area contributed by atoms with Crippen LogP contribution in [-0.2, 0) is 4.79 Å². The summed E-state index contributed by atoms with van der Waals surface area (Å²) >= 11 is 0. The summed E-state index contributed by atoms with van der Waals surface area (Å²) in [6.45, 7) is 12.9. The molecule has 6 nitrogen and oxygen atoms in total. The summed E-state index contributed by atoms with van der Waals surface area (Å²) in [6, 6.07) is 10.5. The molecule has 27 heavy (non-hydrogen) atoms. The monoisotopic (exact) mass is 487 g/mol. The van der Waals surface area contributed by atoms with Crippen LogP contribution in [0.2, 0.25) is 0 Å². The number of aliphatic imine (C=N–C) groups is 1. The maximum Gasteiger partial charge on any atom is 0.219 e. The fourth-order valence-electron chi connectivity index (χ4n) is 3.08. The Balaban J connectivity index is 0.00000364. The molecule has 1 atom stereocenters. The first-order valence-corrected chi connectivity index (χ1v) is 9.65. The van der Waals surface area contributed by atoms with Crippen molar-refractivity contribution in [3.63, 3.8) is 0 Å². The van der Waals surface area contributed by atoms with Crippen LogP contribution in [0.25, 0.3) is 0 Å². The third-order valence-electron chi connectivity index (χ3n) is 4.77. The summed E-state index contributed by atoms with van der Waals surface area (Å²) in [4.78, 5) is 20.4. The molecule has 7 heteroatoms. The molecule has 1 aliphatic heterocycles. The van der Waals surface area contributed by atoms with Crippen LogP contribution < -0.4 is 10.6 Å². The topological polar surface area (TPSA) is 60.0 Å². The number of nitrogens with zero attached hydrogens (tertiary/aromatic N) is 3. The van der Waals surface area contributed by atoms with E-state index in [9.17, 15) is 4.79 Å². The highest BCUT2D eigenvalue weighted by Crippen LogP contribution is 2.14. The molecule has 0 aromatic heterocycles. The smallest absolute Gasteiger partial charge is 0.219 e. The number of hydrogen-bond donors (Lipinski definition) is 2. The molecule has 1 unspecified atom stereocenters. The molecule has 0 aliphatic carbocycles. The van der Waals surface area contributed by atoms with Gasteiger partial charge in [0.15, 0.2) is 5.96 Å². The van der Waals surface area contributed by atoms with E-state index in [2.05, 4.69) is 53.6 Å². The Hall–Kier alpha value is -1.35. The SMILES string of the molecule is CCNC(=NCC(C)c1ccccc1)NCCN1CCN(C(C)=O)CC1.I. The maximum absolute atomic E-state index is 11.4. The van der Waals surface area contributed by atoms with Crippen molar-refractivity contribution in [2.75, 3.05) is 52.4 Å². The van der Waals surface area contributed by atoms with E-state index in [-0.39, 0.29) is 29.9 Å². The molecule has 1 fully saturated rings. The molecule has 2 N–H and O–H groups in total. The van der Waals surface area contributed by atoms with Crippen molar-refractivity contribution < 1.29 is 4.79 Å². The zero-order valence-electron chi connectivity index (χ0n) is 16.8. The Labute approximate surface area is 180 Å². The Morgan fingerprint density at radius 1 is 1.15 bits per heavy atom. The molecule has 1 amide bonds. The Morgan fingerprint density at radius 2 is 1.81 bits per heavy atom. The summed E-state index contributed by atoms with van der Waals surface area (Å²) in [5.74, 6) is 1.45. The third kappa shape index (κ3) is 8.47. The Morgan fingerprint density at radius 3 is 2.41 bits per heavy atom. The number of rotatable bonds is 7. The highest BCUT2D eigenvalue weighted by molar-refractivity contribution is 14.0. The van der Waals surface area contributed by atoms with Crippen LogP contribution in [0.5, 0.6) is 0 Å². The second kappa shape index (κ2) is 12.9. The van der Waals surface area contributed by atoms with E-state index in [0.717, 1.165) is 58.3 Å². The summed E-state index contributed by atoms with van der Waals surface area (Å²) in [5.41, 5.74) is 1.32. The average molecular weight is 487 g/mol. The van der Waals surface area contributed by atoms with E-state index in [1.165, 1.54) is 5.56 Å². The molecular formula is C20H34IN5O. The number of piperazine rings is 1. The van der Waals surface area contributed by atoms with Gasteiger partial charge < -0.3 is 15.5 Å². The van der Waals surface area contributed by atoms with E-state index in [4.69, 9.17) is 4.99 Å². The quantitative estimate of drug-likeness (QED) is 0.352. The zero-order valence-corrected chi connectivity index (χ0v) is 19.1. The predicted octanol–water partition coefficient (Wildman–Crippen LogP) is 2.13. The van der Waals surface area contributed by atoms with Crippen LogP contribution in [0.3, 0.4) is 0 Å². The molecule has 0 radical (unpaired) electrons. The molecule has 0 spiro atoms. The molecule has 1 heterocycles. The minimum atomic E-state index is 0. The van der Waals surface area contributed by atoms with Gasteiger partial charge in [0.25, 0.3) is 0 Å². The van der Waals surface area contributed by atoms with Gasteiger partial charge in [0.2, 0.25) is 5.91 Å². The fraction of sp³-hybridized carbons (Fsp3) is 0.600. The minimum Gasteiger partial charge on any atom is -0.357 e. The Bertz CT molecular complexity index is 573. The number of guanidine groups is 1. The van der Waals surface area contributed by atoms with Crippen LogP contribution in [0, 0.1) is 0 Å². The average Bonchev–Trinajstić information content (AvgIpc) is 2.67. The van der Waals surface area contributed by atoms with Gasteiger partial charge in [-0.3, -0.25) is 14.7 Å². The van der Waals surface area contributed by atoms with Crippen molar-refractivity contribution in [3.05, 3.63) is 35.9 Å². The lowest BCUT2D eigenvalue weighted by molar-refractivity contribution is -0.130. The third-order valence-corrected chi connectivity index (χ3v) is 4.77. The summed E-state index contributed by atoms with van der Waals surface area (Å²) < 4.78 is 0. The number of carbonyl (C=O) groups is 1. The van der Waals surface area contributed by atoms with Crippen molar-refractivity contribution in [2.45, 2.75) is 26.7 Å². The molecule has 1 saturated heterocycles. The van der Waals surface area contributed by atoms with E-state index in [1.807, 2.05) is 11.0 Å². The summed E-state index contributed by atoms with van der Waals surface area (Å²) in [7, 11) is 0. The van der Waals surface area contributed by atoms with Crippen LogP contribution in [-0.4, -0.2) is 74.0 Å². The van der Waals surface area contributed by atoms with E-state index < -0.39 is 0 Å². The second-order valence-corrected chi connectivity index (χ2v) is 6.81. The molecule has 0 bridgehead atoms. The second-order valence-electron chi connectivity index (χ2n) is 6.81. The molecule has 1 aromatic rings. The van der Waals surface area contributed by atoms with Gasteiger partial charge >= 0.3 is 0 Å². The lowest BCUT2D eigenvalue weighted by Crippen LogP contribution is -2.50. The van der Waals surface area contributed by atoms with Gasteiger partial charge in [0.05, 0.1) is 0 Å². The predicted molar refractivity (Wildman–Crippen MR) is 123 cm³/mol. The maximum atomic E-state index is 11.4. The first kappa shape index (κ1) is 23.7. The number of hydrogen-bond acceptors (Lipinski definition) is 3. The molecule has 2 rings (SSSR count). The van der Waals surface area contributed by atoms with E-state index in [0.29, 0.717) is 5.92 Å². The van der Waals surface area contributed by atoms with E-state index in [1.54, 1.807) is 6.92 Å². The van der Waals surface area contributed by atoms with Gasteiger partial charge in [-0.2, -0.15) is 0 Å². The zero-order chi connectivity index (χ0) is 18.8. The standard InChI is InChI=1S/C20H33N5O.HI/c1-4-21-20(23-16-17(2)19-8-6-5-7-9-19)22-10-11-24-12-14-25(15-13-24)18(3)26;/h5-9,17H,4,10-16H2,1-3H3,(H2,21,22,23);1H. The summed E-state index contributed by atoms with van der Waals surface area (Å²) in [6.07, 6.45) is 0. The minimum absolute atomic E-state index is 0. The van der Waals surface area contributed by atoms with Gasteiger partial charge in [-0.1, -0.05) is 37.3 Å². The van der Waals surface area contributed by atoms with Gasteiger partial charge in [-0.15, -0.1) is 24.0 Å². The first-order valence-electron chi connectivity index (χ1n) is 9.65. The molecule has 0 saturated carbocycles. The number of carbonyl (C=O) groups excluding carboxylic acids is 1. The van der Waals surface area contributed by atoms with Crippen LogP contribution >= 0.6 is 24.0 Å². The lowest BCUT2D eigenvalue weighted by atomic mass is 10.0. The van der Waals surface area contributed by atoms with Gasteiger partial charge in [0, 0.05) is 65.2 Å². The van der Waals surface area contributed by atoms with Gasteiger partial charge in [-0.05, 0) is 12.5 Å². The molecule has 152 valence electrons. The number of halogens is 1. The van der Waals surface area contributed by atoms with Gasteiger partial charge in [0.1, 0.15) is 0 Å². The van der Waals surface area contributed by atoms with Crippen molar-refractivity contribution in [3.8, 4) is 0 Å². The van der Waals surface area contributed by atoms with Crippen molar-refractivity contribution >= 4 is 35.8 Å². The number of nitrogens with one attached hydrogen (secondary N) is 2. The van der Waals surface area contributed by atoms with Crippen molar-refractivity contribution in [2.24, 2.45) is 4.99 Å². The molecule has 1 aromatic carbocycles. The lowest BCUT2D eigenvalue weighted by Gasteiger charge is -2.34. The van der Waals surface area contributed by atoms with Crippen molar-refractivity contribution in [1.82, 2.24) is 20.4 Å². The first-order chi connectivity index (χ1) is 12.6. The largest absolute Gasteiger partial charge is 0.357 e. The number of amides is 1. The van der Waals surface area contributed by atoms with Crippen molar-refractivity contribution in [1.29, 1.82) is 0 Å². The molecule has 1 aliphatic rings. The summed E-state index contributed by atoms with van der Waals surface area (Å²) in [5, 5.41) is 6.74. The fourth-order valence-corrected chi connectivity index (χ4v) is 3.08. The van der Waals surface area contributed by atoms with Crippen LogP contribution in [0.15, 0.2) is 35.3 Å². The number of benzene rings is 1. The Kier molecular flexibility index (Phi) is 11.3. The normalized spacial score (nSPS) is 16.4. The highest BCUT2D eigenvalue weighted by Gasteiger charge is 2.17. The highest BCUT2D eigenvalue weighted by atomic mass is 127. The van der Waals surface area contributed by atoms with Crippen LogP contribution in [0.1, 0.15) is 32.3 Å². The van der Waals surface area contributed by atoms with Crippen LogP contribution in [0.4, 0.5) is 0 Å².